The van der Waals surface area contributed by atoms with E-state index in [1.807, 2.05) is 0 Å². The van der Waals surface area contributed by atoms with Crippen LogP contribution >= 0.6 is 0 Å². The van der Waals surface area contributed by atoms with Crippen LogP contribution in [-0.4, -0.2) is 44.4 Å². The second-order valence-corrected chi connectivity index (χ2v) is 9.75. The summed E-state index contributed by atoms with van der Waals surface area (Å²) in [6, 6.07) is 13.9. The molecule has 0 N–H and O–H groups in total. The van der Waals surface area contributed by atoms with Crippen LogP contribution in [0, 0.1) is 0 Å². The lowest BCUT2D eigenvalue weighted by atomic mass is 10.1. The van der Waals surface area contributed by atoms with Crippen molar-refractivity contribution in [3.8, 4) is 40.2 Å². The summed E-state index contributed by atoms with van der Waals surface area (Å²) in [5, 5.41) is 0. The van der Waals surface area contributed by atoms with Crippen molar-refractivity contribution in [1.29, 1.82) is 0 Å². The molecule has 14 heteroatoms. The van der Waals surface area contributed by atoms with E-state index in [-0.39, 0.29) is 23.0 Å². The lowest BCUT2D eigenvalue weighted by Gasteiger charge is -2.25. The fourth-order valence-electron chi connectivity index (χ4n) is 3.09. The minimum Gasteiger partial charge on any atom is -0.496 e. The average Bonchev–Trinajstić information content (AvgIpc) is 2.83. The van der Waals surface area contributed by atoms with Crippen LogP contribution in [0.5, 0.6) is 40.2 Å². The van der Waals surface area contributed by atoms with Gasteiger partial charge in [-0.05, 0) is 48.5 Å². The van der Waals surface area contributed by atoms with Crippen molar-refractivity contribution < 1.29 is 52.8 Å². The molecule has 1 atom stereocenters. The van der Waals surface area contributed by atoms with Crippen LogP contribution in [0.1, 0.15) is 11.9 Å². The Morgan fingerprint density at radius 3 is 1.38 bits per heavy atom. The second-order valence-electron chi connectivity index (χ2n) is 7.22. The van der Waals surface area contributed by atoms with Gasteiger partial charge < -0.3 is 32.1 Å². The fraction of sp³-hybridized carbons (Fsp3) is 0.217. The lowest BCUT2D eigenvalue weighted by molar-refractivity contribution is 0.000223. The molecular weight excluding hydrogens is 535 g/mol. The van der Waals surface area contributed by atoms with E-state index in [4.69, 9.17) is 27.9 Å². The predicted molar refractivity (Wildman–Crippen MR) is 129 cm³/mol. The quantitative estimate of drug-likeness (QED) is 0.183. The average molecular weight is 559 g/mol. The Hall–Kier alpha value is -3.91. The van der Waals surface area contributed by atoms with Crippen molar-refractivity contribution in [2.24, 2.45) is 0 Å². The lowest BCUT2D eigenvalue weighted by Crippen LogP contribution is -2.17. The van der Waals surface area contributed by atoms with Crippen LogP contribution < -0.4 is 32.1 Å². The van der Waals surface area contributed by atoms with Crippen molar-refractivity contribution in [2.75, 3.05) is 27.6 Å². The normalized spacial score (nSPS) is 12.2. The van der Waals surface area contributed by atoms with Crippen molar-refractivity contribution >= 4 is 20.6 Å². The number of hydrogen-bond donors (Lipinski definition) is 0. The molecule has 0 amide bonds. The van der Waals surface area contributed by atoms with Crippen molar-refractivity contribution in [2.45, 2.75) is 6.29 Å². The third-order valence-electron chi connectivity index (χ3n) is 4.57. The smallest absolute Gasteiger partial charge is 0.488 e. The highest BCUT2D eigenvalue weighted by Crippen LogP contribution is 2.41. The molecule has 0 spiro atoms. The molecule has 3 aromatic rings. The summed E-state index contributed by atoms with van der Waals surface area (Å²) in [4.78, 5) is 0. The van der Waals surface area contributed by atoms with Gasteiger partial charge in [0.05, 0.1) is 27.6 Å². The van der Waals surface area contributed by atoms with Crippen LogP contribution in [-0.2, 0) is 20.6 Å². The highest BCUT2D eigenvalue weighted by Gasteiger charge is 2.27. The standard InChI is InChI=1S/C23H23FO11S2/c1-29-19-13-20(30-2)22(21(14-19)31-3)23(32-15-5-9-17(10-6-15)34-36(4,25)26)33-16-7-11-18(12-8-16)35-37(24,27)28/h5-14,23H,1-4H3. The third kappa shape index (κ3) is 8.05. The summed E-state index contributed by atoms with van der Waals surface area (Å²) in [6.07, 6.45) is -0.294. The highest BCUT2D eigenvalue weighted by atomic mass is 32.3. The molecule has 0 saturated heterocycles. The molecule has 3 aromatic carbocycles. The first-order valence-electron chi connectivity index (χ1n) is 10.3. The minimum atomic E-state index is -5.19. The Kier molecular flexibility index (Phi) is 8.55. The number of methoxy groups -OCH3 is 3. The van der Waals surface area contributed by atoms with Crippen LogP contribution in [0.25, 0.3) is 0 Å². The number of hydrogen-bond acceptors (Lipinski definition) is 11. The molecule has 3 rings (SSSR count). The van der Waals surface area contributed by atoms with Gasteiger partial charge in [-0.25, -0.2) is 0 Å². The number of rotatable bonds is 12. The summed E-state index contributed by atoms with van der Waals surface area (Å²) in [6.45, 7) is 0. The molecule has 0 saturated carbocycles. The van der Waals surface area contributed by atoms with E-state index in [0.29, 0.717) is 22.8 Å². The van der Waals surface area contributed by atoms with Gasteiger partial charge in [0.2, 0.25) is 0 Å². The van der Waals surface area contributed by atoms with Gasteiger partial charge >= 0.3 is 20.6 Å². The molecule has 0 radical (unpaired) electrons. The van der Waals surface area contributed by atoms with Crippen LogP contribution in [0.2, 0.25) is 0 Å². The first-order valence-corrected chi connectivity index (χ1v) is 13.4. The Balaban J connectivity index is 2.00. The van der Waals surface area contributed by atoms with Gasteiger partial charge in [-0.3, -0.25) is 0 Å². The zero-order chi connectivity index (χ0) is 27.2. The monoisotopic (exact) mass is 558 g/mol. The molecule has 37 heavy (non-hydrogen) atoms. The first kappa shape index (κ1) is 27.7. The van der Waals surface area contributed by atoms with Gasteiger partial charge in [0.25, 0.3) is 6.29 Å². The minimum absolute atomic E-state index is 0.0744. The van der Waals surface area contributed by atoms with Crippen molar-refractivity contribution in [3.63, 3.8) is 0 Å². The van der Waals surface area contributed by atoms with Gasteiger partial charge in [0.15, 0.2) is 0 Å². The summed E-state index contributed by atoms with van der Waals surface area (Å²) in [5.41, 5.74) is 0.328. The Labute approximate surface area is 213 Å². The van der Waals surface area contributed by atoms with E-state index in [1.165, 1.54) is 69.9 Å². The first-order chi connectivity index (χ1) is 17.4. The van der Waals surface area contributed by atoms with Crippen LogP contribution in [0.15, 0.2) is 60.7 Å². The zero-order valence-electron chi connectivity index (χ0n) is 20.0. The van der Waals surface area contributed by atoms with Gasteiger partial charge in [0, 0.05) is 12.1 Å². The molecule has 11 nitrogen and oxygen atoms in total. The van der Waals surface area contributed by atoms with Crippen LogP contribution in [0.4, 0.5) is 3.89 Å². The Morgan fingerprint density at radius 1 is 0.622 bits per heavy atom. The molecule has 0 aromatic heterocycles. The Bertz CT molecular complexity index is 1320. The van der Waals surface area contributed by atoms with Crippen molar-refractivity contribution in [1.82, 2.24) is 0 Å². The number of halogens is 1. The van der Waals surface area contributed by atoms with E-state index < -0.39 is 26.9 Å². The second kappa shape index (κ2) is 11.4. The molecule has 0 aliphatic carbocycles. The molecule has 0 aliphatic heterocycles. The highest BCUT2D eigenvalue weighted by molar-refractivity contribution is 7.86. The van der Waals surface area contributed by atoms with E-state index in [1.54, 1.807) is 12.1 Å². The molecule has 200 valence electrons. The largest absolute Gasteiger partial charge is 0.496 e. The number of benzene rings is 3. The molecule has 0 aliphatic rings. The van der Waals surface area contributed by atoms with Gasteiger partial charge in [0.1, 0.15) is 45.8 Å². The van der Waals surface area contributed by atoms with Crippen LogP contribution in [0.3, 0.4) is 0 Å². The molecular formula is C23H23FO11S2. The third-order valence-corrected chi connectivity index (χ3v) is 5.45. The Morgan fingerprint density at radius 2 is 1.03 bits per heavy atom. The topological polar surface area (TPSA) is 133 Å². The van der Waals surface area contributed by atoms with Gasteiger partial charge in [-0.1, -0.05) is 3.89 Å². The summed E-state index contributed by atoms with van der Waals surface area (Å²) in [5.74, 6) is 1.27. The summed E-state index contributed by atoms with van der Waals surface area (Å²) in [7, 11) is -4.59. The summed E-state index contributed by atoms with van der Waals surface area (Å²) < 4.78 is 94.4. The maximum atomic E-state index is 12.8. The van der Waals surface area contributed by atoms with E-state index in [2.05, 4.69) is 4.18 Å². The predicted octanol–water partition coefficient (Wildman–Crippen LogP) is 3.80. The van der Waals surface area contributed by atoms with E-state index in [0.717, 1.165) is 6.26 Å². The maximum Gasteiger partial charge on any atom is 0.488 e. The van der Waals surface area contributed by atoms with Crippen molar-refractivity contribution in [3.05, 3.63) is 66.2 Å². The van der Waals surface area contributed by atoms with E-state index in [9.17, 15) is 20.7 Å². The number of ether oxygens (including phenoxy) is 5. The zero-order valence-corrected chi connectivity index (χ0v) is 21.7. The fourth-order valence-corrected chi connectivity index (χ4v) is 3.89. The molecule has 0 heterocycles. The molecule has 1 unspecified atom stereocenters. The SMILES string of the molecule is COc1cc(OC)c(C(Oc2ccc(OS(C)(=O)=O)cc2)Oc2ccc(OS(=O)(=O)F)cc2)c(OC)c1. The van der Waals surface area contributed by atoms with Gasteiger partial charge in [-0.2, -0.15) is 16.8 Å². The molecule has 0 bridgehead atoms. The maximum absolute atomic E-state index is 12.8. The van der Waals surface area contributed by atoms with E-state index >= 15 is 0 Å². The molecule has 0 fully saturated rings. The summed E-state index contributed by atoms with van der Waals surface area (Å²) >= 11 is 0. The van der Waals surface area contributed by atoms with Gasteiger partial charge in [-0.15, -0.1) is 0 Å².